The Labute approximate surface area is 151 Å². The summed E-state index contributed by atoms with van der Waals surface area (Å²) in [6.45, 7) is 2.72. The van der Waals surface area contributed by atoms with Crippen LogP contribution in [-0.2, 0) is 4.79 Å². The number of carbonyl (C=O) groups is 2. The Morgan fingerprint density at radius 2 is 2.04 bits per heavy atom. The smallest absolute Gasteiger partial charge is 0.253 e. The Morgan fingerprint density at radius 1 is 1.19 bits per heavy atom. The highest BCUT2D eigenvalue weighted by Crippen LogP contribution is 2.25. The topological polar surface area (TPSA) is 78.1 Å². The second-order valence-electron chi connectivity index (χ2n) is 6.69. The number of aromatic amines is 1. The first kappa shape index (κ1) is 16.3. The van der Waals surface area contributed by atoms with Crippen molar-refractivity contribution in [1.29, 1.82) is 0 Å². The average molecular weight is 348 g/mol. The predicted octanol–water partition coefficient (Wildman–Crippen LogP) is 2.58. The summed E-state index contributed by atoms with van der Waals surface area (Å²) < 4.78 is 0. The van der Waals surface area contributed by atoms with Gasteiger partial charge in [-0.1, -0.05) is 24.3 Å². The molecule has 1 atom stereocenters. The van der Waals surface area contributed by atoms with Crippen LogP contribution in [0.4, 0.5) is 0 Å². The molecule has 26 heavy (non-hydrogen) atoms. The molecule has 3 aromatic rings. The highest BCUT2D eigenvalue weighted by Gasteiger charge is 2.27. The molecular weight excluding hydrogens is 328 g/mol. The van der Waals surface area contributed by atoms with Crippen LogP contribution >= 0.6 is 0 Å². The lowest BCUT2D eigenvalue weighted by molar-refractivity contribution is -0.119. The van der Waals surface area contributed by atoms with E-state index in [2.05, 4.69) is 15.5 Å². The summed E-state index contributed by atoms with van der Waals surface area (Å²) in [6.07, 6.45) is 2.58. The molecule has 0 radical (unpaired) electrons. The number of likely N-dealkylation sites (tertiary alicyclic amines) is 1. The maximum atomic E-state index is 12.8. The van der Waals surface area contributed by atoms with Crippen molar-refractivity contribution in [3.8, 4) is 11.1 Å². The van der Waals surface area contributed by atoms with Crippen LogP contribution in [0.25, 0.3) is 22.0 Å². The molecule has 6 heteroatoms. The fraction of sp³-hybridized carbons (Fsp3) is 0.250. The molecule has 2 amide bonds. The number of nitrogens with zero attached hydrogens (tertiary/aromatic N) is 2. The van der Waals surface area contributed by atoms with Gasteiger partial charge in [-0.25, -0.2) is 0 Å². The van der Waals surface area contributed by atoms with E-state index < -0.39 is 0 Å². The Kier molecular flexibility index (Phi) is 4.16. The third kappa shape index (κ3) is 3.18. The van der Waals surface area contributed by atoms with Crippen LogP contribution in [0.1, 0.15) is 23.7 Å². The SMILES string of the molecule is CC(=O)N[C@H]1CCN(C(=O)c2cccc(-c3ccc4cn[nH]c4c3)c2)C1. The van der Waals surface area contributed by atoms with E-state index in [4.69, 9.17) is 0 Å². The Hall–Kier alpha value is -3.15. The molecule has 1 aromatic heterocycles. The molecule has 0 unspecified atom stereocenters. The van der Waals surface area contributed by atoms with Gasteiger partial charge < -0.3 is 10.2 Å². The summed E-state index contributed by atoms with van der Waals surface area (Å²) in [4.78, 5) is 25.8. The molecule has 1 aliphatic heterocycles. The van der Waals surface area contributed by atoms with Crippen LogP contribution < -0.4 is 5.32 Å². The van der Waals surface area contributed by atoms with Crippen LogP contribution in [0, 0.1) is 0 Å². The summed E-state index contributed by atoms with van der Waals surface area (Å²) in [7, 11) is 0. The molecule has 1 aliphatic rings. The number of H-pyrrole nitrogens is 1. The number of aromatic nitrogens is 2. The van der Waals surface area contributed by atoms with Crippen molar-refractivity contribution in [2.24, 2.45) is 0 Å². The molecule has 2 aromatic carbocycles. The highest BCUT2D eigenvalue weighted by molar-refractivity contribution is 5.96. The van der Waals surface area contributed by atoms with Crippen LogP contribution in [0.5, 0.6) is 0 Å². The number of hydrogen-bond donors (Lipinski definition) is 2. The van der Waals surface area contributed by atoms with Crippen LogP contribution in [0.15, 0.2) is 48.7 Å². The molecule has 2 N–H and O–H groups in total. The van der Waals surface area contributed by atoms with E-state index in [-0.39, 0.29) is 17.9 Å². The van der Waals surface area contributed by atoms with Crippen molar-refractivity contribution in [3.63, 3.8) is 0 Å². The van der Waals surface area contributed by atoms with E-state index in [1.165, 1.54) is 6.92 Å². The molecule has 4 rings (SSSR count). The van der Waals surface area contributed by atoms with E-state index in [9.17, 15) is 9.59 Å². The van der Waals surface area contributed by atoms with Crippen LogP contribution in [0.2, 0.25) is 0 Å². The predicted molar refractivity (Wildman–Crippen MR) is 99.7 cm³/mol. The fourth-order valence-electron chi connectivity index (χ4n) is 3.48. The maximum Gasteiger partial charge on any atom is 0.253 e. The maximum absolute atomic E-state index is 12.8. The standard InChI is InChI=1S/C20H20N4O2/c1-13(25)22-18-7-8-24(12-18)20(26)16-4-2-3-14(9-16)15-5-6-17-11-21-23-19(17)10-15/h2-6,9-11,18H,7-8,12H2,1H3,(H,21,23)(H,22,25)/t18-/m0/s1. The van der Waals surface area contributed by atoms with E-state index in [1.807, 2.05) is 42.5 Å². The molecule has 0 bridgehead atoms. The average Bonchev–Trinajstić information content (AvgIpc) is 3.29. The monoisotopic (exact) mass is 348 g/mol. The normalized spacial score (nSPS) is 16.8. The second-order valence-corrected chi connectivity index (χ2v) is 6.69. The van der Waals surface area contributed by atoms with Crippen molar-refractivity contribution in [3.05, 3.63) is 54.2 Å². The zero-order valence-electron chi connectivity index (χ0n) is 14.5. The third-order valence-electron chi connectivity index (χ3n) is 4.77. The summed E-state index contributed by atoms with van der Waals surface area (Å²) in [5, 5.41) is 11.0. The largest absolute Gasteiger partial charge is 0.352 e. The van der Waals surface area contributed by atoms with Gasteiger partial charge >= 0.3 is 0 Å². The summed E-state index contributed by atoms with van der Waals surface area (Å²) in [5.41, 5.74) is 3.66. The number of amides is 2. The molecular formula is C20H20N4O2. The molecule has 1 fully saturated rings. The van der Waals surface area contributed by atoms with E-state index in [0.29, 0.717) is 18.7 Å². The van der Waals surface area contributed by atoms with Gasteiger partial charge in [-0.15, -0.1) is 0 Å². The van der Waals surface area contributed by atoms with Crippen molar-refractivity contribution in [2.45, 2.75) is 19.4 Å². The zero-order chi connectivity index (χ0) is 18.1. The third-order valence-corrected chi connectivity index (χ3v) is 4.77. The van der Waals surface area contributed by atoms with Gasteiger partial charge in [-0.2, -0.15) is 5.10 Å². The van der Waals surface area contributed by atoms with Gasteiger partial charge in [0, 0.05) is 37.0 Å². The molecule has 132 valence electrons. The lowest BCUT2D eigenvalue weighted by Crippen LogP contribution is -2.37. The van der Waals surface area contributed by atoms with Crippen molar-refractivity contribution < 1.29 is 9.59 Å². The van der Waals surface area contributed by atoms with E-state index in [1.54, 1.807) is 11.1 Å². The highest BCUT2D eigenvalue weighted by atomic mass is 16.2. The zero-order valence-corrected chi connectivity index (χ0v) is 14.5. The Morgan fingerprint density at radius 3 is 2.88 bits per heavy atom. The lowest BCUT2D eigenvalue weighted by Gasteiger charge is -2.17. The van der Waals surface area contributed by atoms with Gasteiger partial charge in [0.25, 0.3) is 5.91 Å². The van der Waals surface area contributed by atoms with E-state index >= 15 is 0 Å². The first-order chi connectivity index (χ1) is 12.6. The summed E-state index contributed by atoms with van der Waals surface area (Å²) in [5.74, 6) is -0.0529. The lowest BCUT2D eigenvalue weighted by atomic mass is 10.0. The van der Waals surface area contributed by atoms with Gasteiger partial charge in [-0.3, -0.25) is 14.7 Å². The molecule has 1 saturated heterocycles. The number of benzene rings is 2. The van der Waals surface area contributed by atoms with Gasteiger partial charge in [0.15, 0.2) is 0 Å². The molecule has 2 heterocycles. The number of fused-ring (bicyclic) bond motifs is 1. The molecule has 6 nitrogen and oxygen atoms in total. The minimum atomic E-state index is -0.0551. The van der Waals surface area contributed by atoms with Gasteiger partial charge in [0.05, 0.1) is 11.7 Å². The first-order valence-corrected chi connectivity index (χ1v) is 8.70. The Balaban J connectivity index is 1.55. The van der Waals surface area contributed by atoms with Gasteiger partial charge in [0.2, 0.25) is 5.91 Å². The van der Waals surface area contributed by atoms with Crippen LogP contribution in [0.3, 0.4) is 0 Å². The first-order valence-electron chi connectivity index (χ1n) is 8.70. The fourth-order valence-corrected chi connectivity index (χ4v) is 3.48. The van der Waals surface area contributed by atoms with Crippen LogP contribution in [-0.4, -0.2) is 46.0 Å². The number of rotatable bonds is 3. The minimum Gasteiger partial charge on any atom is -0.352 e. The molecule has 0 saturated carbocycles. The number of nitrogens with one attached hydrogen (secondary N) is 2. The summed E-state index contributed by atoms with van der Waals surface area (Å²) >= 11 is 0. The van der Waals surface area contributed by atoms with Gasteiger partial charge in [-0.05, 0) is 35.7 Å². The number of hydrogen-bond acceptors (Lipinski definition) is 3. The van der Waals surface area contributed by atoms with Crippen molar-refractivity contribution in [2.75, 3.05) is 13.1 Å². The van der Waals surface area contributed by atoms with E-state index in [0.717, 1.165) is 28.5 Å². The minimum absolute atomic E-state index is 0.00215. The molecule has 0 aliphatic carbocycles. The molecule has 0 spiro atoms. The Bertz CT molecular complexity index is 979. The van der Waals surface area contributed by atoms with Crippen molar-refractivity contribution in [1.82, 2.24) is 20.4 Å². The second kappa shape index (κ2) is 6.63. The number of carbonyl (C=O) groups excluding carboxylic acids is 2. The van der Waals surface area contributed by atoms with Crippen molar-refractivity contribution >= 4 is 22.7 Å². The quantitative estimate of drug-likeness (QED) is 0.764. The summed E-state index contributed by atoms with van der Waals surface area (Å²) in [6, 6.07) is 13.8. The van der Waals surface area contributed by atoms with Gasteiger partial charge in [0.1, 0.15) is 0 Å².